The Balaban J connectivity index is 2.25. The van der Waals surface area contributed by atoms with Crippen LogP contribution in [0.2, 0.25) is 5.02 Å². The molecule has 0 aliphatic heterocycles. The SMILES string of the molecule is N#Cc1cc(Sc2ccc(Cl)cn2)ccc1N. The van der Waals surface area contributed by atoms with E-state index in [1.807, 2.05) is 12.1 Å². The zero-order valence-corrected chi connectivity index (χ0v) is 10.3. The molecule has 84 valence electrons. The molecular formula is C12H8ClN3S. The van der Waals surface area contributed by atoms with Crippen molar-refractivity contribution in [3.8, 4) is 6.07 Å². The van der Waals surface area contributed by atoms with Crippen molar-refractivity contribution in [3.05, 3.63) is 47.1 Å². The predicted molar refractivity (Wildman–Crippen MR) is 68.9 cm³/mol. The van der Waals surface area contributed by atoms with E-state index in [2.05, 4.69) is 11.1 Å². The van der Waals surface area contributed by atoms with Gasteiger partial charge in [-0.2, -0.15) is 5.26 Å². The van der Waals surface area contributed by atoms with Crippen molar-refractivity contribution in [3.63, 3.8) is 0 Å². The fourth-order valence-electron chi connectivity index (χ4n) is 1.24. The highest BCUT2D eigenvalue weighted by Gasteiger charge is 2.03. The summed E-state index contributed by atoms with van der Waals surface area (Å²) in [5, 5.41) is 10.3. The summed E-state index contributed by atoms with van der Waals surface area (Å²) in [5.41, 5.74) is 6.61. The van der Waals surface area contributed by atoms with Gasteiger partial charge in [0.25, 0.3) is 0 Å². The Morgan fingerprint density at radius 2 is 2.12 bits per heavy atom. The van der Waals surface area contributed by atoms with Gasteiger partial charge in [-0.1, -0.05) is 23.4 Å². The molecule has 0 atom stereocenters. The molecule has 1 aromatic carbocycles. The van der Waals surface area contributed by atoms with Crippen LogP contribution in [0.3, 0.4) is 0 Å². The van der Waals surface area contributed by atoms with Crippen molar-refractivity contribution in [2.75, 3.05) is 5.73 Å². The van der Waals surface area contributed by atoms with Gasteiger partial charge in [0.15, 0.2) is 0 Å². The molecule has 0 unspecified atom stereocenters. The highest BCUT2D eigenvalue weighted by molar-refractivity contribution is 7.99. The van der Waals surface area contributed by atoms with Crippen LogP contribution < -0.4 is 5.73 Å². The van der Waals surface area contributed by atoms with E-state index < -0.39 is 0 Å². The summed E-state index contributed by atoms with van der Waals surface area (Å²) in [6.45, 7) is 0. The monoisotopic (exact) mass is 261 g/mol. The molecule has 0 bridgehead atoms. The number of nitriles is 1. The van der Waals surface area contributed by atoms with E-state index in [0.717, 1.165) is 9.92 Å². The van der Waals surface area contributed by atoms with Crippen LogP contribution in [0.4, 0.5) is 5.69 Å². The van der Waals surface area contributed by atoms with Crippen LogP contribution >= 0.6 is 23.4 Å². The second kappa shape index (κ2) is 5.09. The van der Waals surface area contributed by atoms with Gasteiger partial charge in [0.05, 0.1) is 10.6 Å². The molecule has 0 radical (unpaired) electrons. The smallest absolute Gasteiger partial charge is 0.101 e. The maximum atomic E-state index is 8.87. The van der Waals surface area contributed by atoms with Crippen molar-refractivity contribution in [1.82, 2.24) is 4.98 Å². The molecular weight excluding hydrogens is 254 g/mol. The maximum absolute atomic E-state index is 8.87. The summed E-state index contributed by atoms with van der Waals surface area (Å²) in [6, 6.07) is 11.0. The molecule has 1 heterocycles. The van der Waals surface area contributed by atoms with Gasteiger partial charge in [-0.05, 0) is 30.3 Å². The van der Waals surface area contributed by atoms with Gasteiger partial charge >= 0.3 is 0 Å². The molecule has 0 spiro atoms. The molecule has 0 aliphatic rings. The number of rotatable bonds is 2. The molecule has 0 saturated heterocycles. The third kappa shape index (κ3) is 2.90. The topological polar surface area (TPSA) is 62.7 Å². The van der Waals surface area contributed by atoms with E-state index in [0.29, 0.717) is 16.3 Å². The molecule has 0 fully saturated rings. The van der Waals surface area contributed by atoms with Crippen LogP contribution in [0.1, 0.15) is 5.56 Å². The number of nitrogen functional groups attached to an aromatic ring is 1. The first-order valence-corrected chi connectivity index (χ1v) is 5.97. The Hall–Kier alpha value is -1.70. The minimum Gasteiger partial charge on any atom is -0.398 e. The third-order valence-corrected chi connectivity index (χ3v) is 3.23. The Kier molecular flexibility index (Phi) is 3.52. The molecule has 2 N–H and O–H groups in total. The van der Waals surface area contributed by atoms with E-state index >= 15 is 0 Å². The quantitative estimate of drug-likeness (QED) is 0.842. The summed E-state index contributed by atoms with van der Waals surface area (Å²) in [6.07, 6.45) is 1.59. The van der Waals surface area contributed by atoms with Crippen molar-refractivity contribution < 1.29 is 0 Å². The van der Waals surface area contributed by atoms with Crippen molar-refractivity contribution in [2.45, 2.75) is 9.92 Å². The van der Waals surface area contributed by atoms with E-state index in [9.17, 15) is 0 Å². The normalized spacial score (nSPS) is 9.88. The standard InChI is InChI=1S/C12H8ClN3S/c13-9-1-4-12(16-7-9)17-10-2-3-11(15)8(5-10)6-14/h1-5,7H,15H2. The molecule has 17 heavy (non-hydrogen) atoms. The Morgan fingerprint density at radius 1 is 1.29 bits per heavy atom. The minimum atomic E-state index is 0.476. The van der Waals surface area contributed by atoms with Crippen molar-refractivity contribution in [2.24, 2.45) is 0 Å². The molecule has 1 aromatic heterocycles. The third-order valence-electron chi connectivity index (χ3n) is 2.07. The number of nitrogens with zero attached hydrogens (tertiary/aromatic N) is 2. The van der Waals surface area contributed by atoms with Crippen LogP contribution in [0, 0.1) is 11.3 Å². The average Bonchev–Trinajstić information content (AvgIpc) is 2.34. The lowest BCUT2D eigenvalue weighted by Gasteiger charge is -2.03. The summed E-state index contributed by atoms with van der Waals surface area (Å²) in [5.74, 6) is 0. The number of pyridine rings is 1. The number of benzene rings is 1. The van der Waals surface area contributed by atoms with E-state index in [1.165, 1.54) is 11.8 Å². The lowest BCUT2D eigenvalue weighted by atomic mass is 10.2. The zero-order valence-electron chi connectivity index (χ0n) is 8.72. The summed E-state index contributed by atoms with van der Waals surface area (Å²) >= 11 is 7.21. The lowest BCUT2D eigenvalue weighted by Crippen LogP contribution is -1.90. The fourth-order valence-corrected chi connectivity index (χ4v) is 2.15. The van der Waals surface area contributed by atoms with Gasteiger partial charge in [-0.15, -0.1) is 0 Å². The molecule has 0 saturated carbocycles. The molecule has 0 amide bonds. The summed E-state index contributed by atoms with van der Waals surface area (Å²) in [7, 11) is 0. The van der Waals surface area contributed by atoms with Crippen LogP contribution in [0.25, 0.3) is 0 Å². The number of anilines is 1. The lowest BCUT2D eigenvalue weighted by molar-refractivity contribution is 1.13. The second-order valence-corrected chi connectivity index (χ2v) is 4.81. The second-order valence-electron chi connectivity index (χ2n) is 3.28. The highest BCUT2D eigenvalue weighted by Crippen LogP contribution is 2.28. The van der Waals surface area contributed by atoms with Crippen molar-refractivity contribution >= 4 is 29.1 Å². The Bertz CT molecular complexity index is 575. The first kappa shape index (κ1) is 11.8. The van der Waals surface area contributed by atoms with Crippen LogP contribution in [0.15, 0.2) is 46.5 Å². The highest BCUT2D eigenvalue weighted by atomic mass is 35.5. The van der Waals surface area contributed by atoms with Gasteiger partial charge < -0.3 is 5.73 Å². The minimum absolute atomic E-state index is 0.476. The van der Waals surface area contributed by atoms with E-state index in [1.54, 1.807) is 24.4 Å². The van der Waals surface area contributed by atoms with Gasteiger partial charge in [0.1, 0.15) is 11.1 Å². The van der Waals surface area contributed by atoms with Crippen LogP contribution in [-0.4, -0.2) is 4.98 Å². The van der Waals surface area contributed by atoms with Crippen LogP contribution in [-0.2, 0) is 0 Å². The van der Waals surface area contributed by atoms with Gasteiger partial charge in [-0.3, -0.25) is 0 Å². The summed E-state index contributed by atoms with van der Waals surface area (Å²) in [4.78, 5) is 5.09. The van der Waals surface area contributed by atoms with Crippen molar-refractivity contribution in [1.29, 1.82) is 5.26 Å². The first-order chi connectivity index (χ1) is 8.19. The number of aromatic nitrogens is 1. The zero-order chi connectivity index (χ0) is 12.3. The summed E-state index contributed by atoms with van der Waals surface area (Å²) < 4.78 is 0. The van der Waals surface area contributed by atoms with Gasteiger partial charge in [0.2, 0.25) is 0 Å². The number of halogens is 1. The van der Waals surface area contributed by atoms with Gasteiger partial charge in [0, 0.05) is 16.8 Å². The molecule has 5 heteroatoms. The predicted octanol–water partition coefficient (Wildman–Crippen LogP) is 3.34. The fraction of sp³-hybridized carbons (Fsp3) is 0. The van der Waals surface area contributed by atoms with E-state index in [4.69, 9.17) is 22.6 Å². The number of nitrogens with two attached hydrogens (primary N) is 1. The molecule has 3 nitrogen and oxygen atoms in total. The largest absolute Gasteiger partial charge is 0.398 e. The van der Waals surface area contributed by atoms with Crippen LogP contribution in [0.5, 0.6) is 0 Å². The first-order valence-electron chi connectivity index (χ1n) is 4.78. The average molecular weight is 262 g/mol. The molecule has 2 aromatic rings. The van der Waals surface area contributed by atoms with E-state index in [-0.39, 0.29) is 0 Å². The molecule has 0 aliphatic carbocycles. The Labute approximate surface area is 108 Å². The molecule has 2 rings (SSSR count). The number of hydrogen-bond donors (Lipinski definition) is 1. The Morgan fingerprint density at radius 3 is 2.76 bits per heavy atom. The van der Waals surface area contributed by atoms with Gasteiger partial charge in [-0.25, -0.2) is 4.98 Å². The number of hydrogen-bond acceptors (Lipinski definition) is 4. The maximum Gasteiger partial charge on any atom is 0.101 e.